The average molecular weight is 283 g/mol. The molecule has 1 aromatic carbocycles. The molecule has 1 aromatic rings. The Hall–Kier alpha value is -0.311. The van der Waals surface area contributed by atoms with Gasteiger partial charge in [0.15, 0.2) is 0 Å². The summed E-state index contributed by atoms with van der Waals surface area (Å²) in [5.41, 5.74) is 0.870. The summed E-state index contributed by atoms with van der Waals surface area (Å²) in [6, 6.07) is 9.59. The van der Waals surface area contributed by atoms with Gasteiger partial charge >= 0.3 is 87.0 Å². The van der Waals surface area contributed by atoms with Gasteiger partial charge in [-0.25, -0.2) is 0 Å². The summed E-state index contributed by atoms with van der Waals surface area (Å²) in [5, 5.41) is 0. The molecule has 13 heavy (non-hydrogen) atoms. The van der Waals surface area contributed by atoms with Crippen LogP contribution in [0.4, 0.5) is 0 Å². The Morgan fingerprint density at radius 1 is 1.23 bits per heavy atom. The molecule has 0 heterocycles. The average Bonchev–Trinajstić information content (AvgIpc) is 2.15. The first kappa shape index (κ1) is 10.8. The zero-order valence-corrected chi connectivity index (χ0v) is 11.6. The van der Waals surface area contributed by atoms with E-state index in [1.54, 1.807) is 0 Å². The fourth-order valence-electron chi connectivity index (χ4n) is 1.19. The van der Waals surface area contributed by atoms with Crippen LogP contribution >= 0.6 is 0 Å². The maximum absolute atomic E-state index is 11.6. The molecule has 0 fully saturated rings. The van der Waals surface area contributed by atoms with Crippen molar-refractivity contribution in [3.63, 3.8) is 0 Å². The Labute approximate surface area is 86.9 Å². The molecule has 1 nitrogen and oxygen atoms in total. The predicted octanol–water partition coefficient (Wildman–Crippen LogP) is 2.75. The van der Waals surface area contributed by atoms with Crippen LogP contribution in [0.3, 0.4) is 0 Å². The summed E-state index contributed by atoms with van der Waals surface area (Å²) in [5.74, 6) is 0.311. The van der Waals surface area contributed by atoms with Crippen molar-refractivity contribution in [3.05, 3.63) is 35.9 Å². The van der Waals surface area contributed by atoms with Crippen LogP contribution in [0.2, 0.25) is 14.3 Å². The van der Waals surface area contributed by atoms with E-state index >= 15 is 0 Å². The summed E-state index contributed by atoms with van der Waals surface area (Å²) >= 11 is -1.17. The molecule has 0 aliphatic carbocycles. The minimum atomic E-state index is -1.17. The summed E-state index contributed by atoms with van der Waals surface area (Å²) < 4.78 is 1.19. The second-order valence-electron chi connectivity index (χ2n) is 3.72. The van der Waals surface area contributed by atoms with E-state index in [0.29, 0.717) is 5.78 Å². The number of rotatable bonds is 4. The molecule has 2 heteroatoms. The molecule has 0 spiro atoms. The van der Waals surface area contributed by atoms with Crippen LogP contribution in [-0.4, -0.2) is 25.5 Å². The van der Waals surface area contributed by atoms with Crippen molar-refractivity contribution >= 4 is 25.5 Å². The number of ketones is 1. The summed E-state index contributed by atoms with van der Waals surface area (Å²) in [6.07, 6.45) is 0.762. The van der Waals surface area contributed by atoms with Gasteiger partial charge < -0.3 is 0 Å². The zero-order chi connectivity index (χ0) is 9.68. The SMILES string of the molecule is [CH3][SnH]([CH3])[CH2]CC(=O)c1ccccc1. The van der Waals surface area contributed by atoms with Crippen molar-refractivity contribution in [3.8, 4) is 0 Å². The first-order valence-electron chi connectivity index (χ1n) is 4.78. The van der Waals surface area contributed by atoms with Gasteiger partial charge in [0.25, 0.3) is 0 Å². The summed E-state index contributed by atoms with van der Waals surface area (Å²) in [7, 11) is 0. The first-order chi connectivity index (χ1) is 6.20. The van der Waals surface area contributed by atoms with E-state index in [4.69, 9.17) is 0 Å². The van der Waals surface area contributed by atoms with Gasteiger partial charge in [-0.1, -0.05) is 0 Å². The molecule has 0 aromatic heterocycles. The second-order valence-corrected chi connectivity index (χ2v) is 13.3. The van der Waals surface area contributed by atoms with E-state index in [9.17, 15) is 4.79 Å². The molecular formula is C11H16OSn. The van der Waals surface area contributed by atoms with Crippen LogP contribution in [0.5, 0.6) is 0 Å². The monoisotopic (exact) mass is 284 g/mol. The van der Waals surface area contributed by atoms with Crippen molar-refractivity contribution in [2.45, 2.75) is 20.7 Å². The molecule has 0 atom stereocenters. The van der Waals surface area contributed by atoms with Gasteiger partial charge in [0.05, 0.1) is 0 Å². The van der Waals surface area contributed by atoms with Crippen molar-refractivity contribution < 1.29 is 4.79 Å². The van der Waals surface area contributed by atoms with Crippen LogP contribution < -0.4 is 0 Å². The summed E-state index contributed by atoms with van der Waals surface area (Å²) in [6.45, 7) is 0. The van der Waals surface area contributed by atoms with E-state index in [-0.39, 0.29) is 0 Å². The van der Waals surface area contributed by atoms with E-state index < -0.39 is 19.8 Å². The van der Waals surface area contributed by atoms with E-state index in [1.807, 2.05) is 30.3 Å². The number of carbonyl (C=O) groups is 1. The molecule has 0 aliphatic heterocycles. The van der Waals surface area contributed by atoms with Crippen LogP contribution in [0.1, 0.15) is 16.8 Å². The van der Waals surface area contributed by atoms with Crippen LogP contribution in [0.15, 0.2) is 30.3 Å². The van der Waals surface area contributed by atoms with E-state index in [2.05, 4.69) is 9.88 Å². The number of hydrogen-bond donors (Lipinski definition) is 0. The van der Waals surface area contributed by atoms with Gasteiger partial charge in [-0.3, -0.25) is 0 Å². The minimum absolute atomic E-state index is 0.311. The Morgan fingerprint density at radius 3 is 2.38 bits per heavy atom. The predicted molar refractivity (Wildman–Crippen MR) is 59.1 cm³/mol. The van der Waals surface area contributed by atoms with Gasteiger partial charge in [0.2, 0.25) is 0 Å². The third-order valence-electron chi connectivity index (χ3n) is 2.04. The van der Waals surface area contributed by atoms with Gasteiger partial charge in [0, 0.05) is 0 Å². The number of carbonyl (C=O) groups excluding carboxylic acids is 1. The molecular weight excluding hydrogens is 267 g/mol. The van der Waals surface area contributed by atoms with E-state index in [1.165, 1.54) is 4.44 Å². The molecule has 0 saturated heterocycles. The second kappa shape index (κ2) is 5.43. The van der Waals surface area contributed by atoms with Crippen LogP contribution in [0.25, 0.3) is 0 Å². The quantitative estimate of drug-likeness (QED) is 0.613. The maximum atomic E-state index is 11.6. The molecule has 0 N–H and O–H groups in total. The van der Waals surface area contributed by atoms with Gasteiger partial charge in [0.1, 0.15) is 0 Å². The standard InChI is InChI=1S/C9H9O.2CH3.Sn.H/c1-2-9(10)8-6-4-3-5-7-8;;;;/h3-7H,1-2H2;2*1H3;;. The molecule has 0 aliphatic rings. The summed E-state index contributed by atoms with van der Waals surface area (Å²) in [4.78, 5) is 16.3. The Kier molecular flexibility index (Phi) is 4.49. The molecule has 70 valence electrons. The Morgan fingerprint density at radius 2 is 1.85 bits per heavy atom. The Balaban J connectivity index is 2.50. The van der Waals surface area contributed by atoms with Crippen molar-refractivity contribution in [2.24, 2.45) is 0 Å². The molecule has 0 saturated carbocycles. The van der Waals surface area contributed by atoms with Crippen molar-refractivity contribution in [1.29, 1.82) is 0 Å². The molecule has 0 radical (unpaired) electrons. The van der Waals surface area contributed by atoms with Crippen LogP contribution in [0, 0.1) is 0 Å². The number of benzene rings is 1. The van der Waals surface area contributed by atoms with Gasteiger partial charge in [-0.2, -0.15) is 0 Å². The molecule has 0 amide bonds. The topological polar surface area (TPSA) is 17.1 Å². The fourth-order valence-corrected chi connectivity index (χ4v) is 3.58. The van der Waals surface area contributed by atoms with Gasteiger partial charge in [-0.05, 0) is 0 Å². The Bertz CT molecular complexity index is 267. The molecule has 0 bridgehead atoms. The van der Waals surface area contributed by atoms with E-state index in [0.717, 1.165) is 12.0 Å². The normalized spacial score (nSPS) is 10.4. The number of Topliss-reactive ketones (excluding diaryl/α,β-unsaturated/α-hetero) is 1. The fraction of sp³-hybridized carbons (Fsp3) is 0.364. The van der Waals surface area contributed by atoms with Crippen molar-refractivity contribution in [2.75, 3.05) is 0 Å². The zero-order valence-electron chi connectivity index (χ0n) is 8.29. The molecule has 1 rings (SSSR count). The van der Waals surface area contributed by atoms with Crippen molar-refractivity contribution in [1.82, 2.24) is 0 Å². The third kappa shape index (κ3) is 3.94. The van der Waals surface area contributed by atoms with Gasteiger partial charge in [-0.15, -0.1) is 0 Å². The van der Waals surface area contributed by atoms with Crippen LogP contribution in [-0.2, 0) is 0 Å². The molecule has 0 unspecified atom stereocenters. The first-order valence-corrected chi connectivity index (χ1v) is 13.7. The third-order valence-corrected chi connectivity index (χ3v) is 6.16. The number of hydrogen-bond acceptors (Lipinski definition) is 1.